The van der Waals surface area contributed by atoms with Gasteiger partial charge in [0.15, 0.2) is 0 Å². The van der Waals surface area contributed by atoms with Crippen molar-refractivity contribution in [3.63, 3.8) is 0 Å². The molecule has 0 aliphatic carbocycles. The van der Waals surface area contributed by atoms with E-state index >= 15 is 0 Å². The number of aromatic amines is 1. The zero-order valence-electron chi connectivity index (χ0n) is 11.7. The minimum atomic E-state index is 0.0655. The van der Waals surface area contributed by atoms with E-state index in [2.05, 4.69) is 70.3 Å². The molecule has 0 aliphatic rings. The molecule has 0 saturated carbocycles. The standard InChI is InChI=1S/C17H17BrN2S/c1-11(19)17(13-6-4-7-14(18)9-13)21-16-10-12-5-2-3-8-15(12)20-16/h2-11,17,20H,19H2,1H3. The first-order valence-corrected chi connectivity index (χ1v) is 8.56. The maximum atomic E-state index is 6.21. The summed E-state index contributed by atoms with van der Waals surface area (Å²) >= 11 is 5.32. The molecule has 3 aromatic rings. The lowest BCUT2D eigenvalue weighted by Gasteiger charge is -2.20. The van der Waals surface area contributed by atoms with E-state index in [0.717, 1.165) is 15.0 Å². The Kier molecular flexibility index (Phi) is 4.38. The van der Waals surface area contributed by atoms with E-state index < -0.39 is 0 Å². The van der Waals surface area contributed by atoms with Crippen molar-refractivity contribution < 1.29 is 0 Å². The maximum Gasteiger partial charge on any atom is 0.0739 e. The Hall–Kier alpha value is -1.23. The Bertz CT molecular complexity index is 718. The van der Waals surface area contributed by atoms with Crippen molar-refractivity contribution in [3.8, 4) is 0 Å². The van der Waals surface area contributed by atoms with Crippen molar-refractivity contribution in [2.75, 3.05) is 0 Å². The van der Waals surface area contributed by atoms with Crippen molar-refractivity contribution in [3.05, 3.63) is 64.6 Å². The van der Waals surface area contributed by atoms with Crippen LogP contribution in [0.25, 0.3) is 10.9 Å². The Labute approximate surface area is 137 Å². The van der Waals surface area contributed by atoms with Crippen LogP contribution in [0.4, 0.5) is 0 Å². The van der Waals surface area contributed by atoms with Gasteiger partial charge in [0, 0.05) is 21.4 Å². The van der Waals surface area contributed by atoms with Gasteiger partial charge in [-0.15, -0.1) is 0 Å². The molecule has 1 aromatic heterocycles. The van der Waals surface area contributed by atoms with Crippen LogP contribution in [0, 0.1) is 0 Å². The van der Waals surface area contributed by atoms with Gasteiger partial charge in [-0.1, -0.05) is 58.0 Å². The fourth-order valence-electron chi connectivity index (χ4n) is 2.41. The van der Waals surface area contributed by atoms with Gasteiger partial charge in [-0.2, -0.15) is 0 Å². The molecular formula is C17H17BrN2S. The lowest BCUT2D eigenvalue weighted by molar-refractivity contribution is 0.720. The van der Waals surface area contributed by atoms with E-state index in [4.69, 9.17) is 5.73 Å². The molecular weight excluding hydrogens is 344 g/mol. The minimum Gasteiger partial charge on any atom is -0.350 e. The summed E-state index contributed by atoms with van der Waals surface area (Å²) in [6.07, 6.45) is 0. The summed E-state index contributed by atoms with van der Waals surface area (Å²) in [5.74, 6) is 0. The van der Waals surface area contributed by atoms with Gasteiger partial charge in [-0.25, -0.2) is 0 Å². The van der Waals surface area contributed by atoms with Gasteiger partial charge >= 0.3 is 0 Å². The summed E-state index contributed by atoms with van der Waals surface area (Å²) in [7, 11) is 0. The van der Waals surface area contributed by atoms with Gasteiger partial charge in [0.25, 0.3) is 0 Å². The van der Waals surface area contributed by atoms with E-state index in [1.165, 1.54) is 10.9 Å². The third-order valence-electron chi connectivity index (χ3n) is 3.41. The maximum absolute atomic E-state index is 6.21. The first kappa shape index (κ1) is 14.7. The lowest BCUT2D eigenvalue weighted by Crippen LogP contribution is -2.22. The molecule has 4 heteroatoms. The van der Waals surface area contributed by atoms with Crippen molar-refractivity contribution in [2.45, 2.75) is 23.2 Å². The van der Waals surface area contributed by atoms with E-state index in [1.807, 2.05) is 12.1 Å². The molecule has 108 valence electrons. The predicted octanol–water partition coefficient (Wildman–Crippen LogP) is 5.11. The molecule has 1 heterocycles. The predicted molar refractivity (Wildman–Crippen MR) is 94.7 cm³/mol. The van der Waals surface area contributed by atoms with E-state index in [1.54, 1.807) is 11.8 Å². The third-order valence-corrected chi connectivity index (χ3v) is 5.34. The highest BCUT2D eigenvalue weighted by atomic mass is 79.9. The Morgan fingerprint density at radius 1 is 1.10 bits per heavy atom. The van der Waals surface area contributed by atoms with Crippen LogP contribution in [0.2, 0.25) is 0 Å². The molecule has 0 saturated heterocycles. The summed E-state index contributed by atoms with van der Waals surface area (Å²) in [6, 6.07) is 18.9. The zero-order valence-corrected chi connectivity index (χ0v) is 14.1. The van der Waals surface area contributed by atoms with Crippen LogP contribution in [0.5, 0.6) is 0 Å². The Morgan fingerprint density at radius 2 is 1.90 bits per heavy atom. The fraction of sp³-hybridized carbons (Fsp3) is 0.176. The second-order valence-corrected chi connectivity index (χ2v) is 7.27. The number of nitrogens with two attached hydrogens (primary N) is 1. The molecule has 0 spiro atoms. The van der Waals surface area contributed by atoms with Crippen LogP contribution in [0.1, 0.15) is 17.7 Å². The second kappa shape index (κ2) is 6.26. The highest BCUT2D eigenvalue weighted by molar-refractivity contribution is 9.10. The summed E-state index contributed by atoms with van der Waals surface area (Å²) in [4.78, 5) is 3.46. The smallest absolute Gasteiger partial charge is 0.0739 e. The van der Waals surface area contributed by atoms with Crippen LogP contribution in [0.15, 0.2) is 64.1 Å². The molecule has 0 fully saturated rings. The Morgan fingerprint density at radius 3 is 2.62 bits per heavy atom. The van der Waals surface area contributed by atoms with Crippen molar-refractivity contribution in [2.24, 2.45) is 5.73 Å². The zero-order chi connectivity index (χ0) is 14.8. The average Bonchev–Trinajstić information content (AvgIpc) is 2.87. The van der Waals surface area contributed by atoms with Crippen LogP contribution < -0.4 is 5.73 Å². The number of hydrogen-bond acceptors (Lipinski definition) is 2. The summed E-state index contributed by atoms with van der Waals surface area (Å²) < 4.78 is 1.09. The molecule has 3 N–H and O–H groups in total. The number of thioether (sulfide) groups is 1. The number of para-hydroxylation sites is 1. The average molecular weight is 361 g/mol. The quantitative estimate of drug-likeness (QED) is 0.634. The van der Waals surface area contributed by atoms with Gasteiger partial charge in [0.05, 0.1) is 10.3 Å². The number of halogens is 1. The largest absolute Gasteiger partial charge is 0.350 e. The number of fused-ring (bicyclic) bond motifs is 1. The first-order chi connectivity index (χ1) is 10.1. The van der Waals surface area contributed by atoms with Crippen LogP contribution in [-0.2, 0) is 0 Å². The highest BCUT2D eigenvalue weighted by Crippen LogP contribution is 2.38. The van der Waals surface area contributed by atoms with Crippen LogP contribution in [-0.4, -0.2) is 11.0 Å². The number of H-pyrrole nitrogens is 1. The summed E-state index contributed by atoms with van der Waals surface area (Å²) in [6.45, 7) is 2.06. The topological polar surface area (TPSA) is 41.8 Å². The van der Waals surface area contributed by atoms with Crippen molar-refractivity contribution in [1.82, 2.24) is 4.98 Å². The molecule has 2 unspecified atom stereocenters. The molecule has 0 aliphatic heterocycles. The van der Waals surface area contributed by atoms with E-state index in [9.17, 15) is 0 Å². The summed E-state index contributed by atoms with van der Waals surface area (Å²) in [5, 5.41) is 2.60. The van der Waals surface area contributed by atoms with Crippen molar-refractivity contribution >= 4 is 38.6 Å². The molecule has 0 radical (unpaired) electrons. The third kappa shape index (κ3) is 3.34. The van der Waals surface area contributed by atoms with Crippen LogP contribution >= 0.6 is 27.7 Å². The molecule has 2 atom stereocenters. The van der Waals surface area contributed by atoms with E-state index in [0.29, 0.717) is 0 Å². The van der Waals surface area contributed by atoms with Gasteiger partial charge in [-0.05, 0) is 36.8 Å². The molecule has 0 amide bonds. The number of hydrogen-bond donors (Lipinski definition) is 2. The normalized spacial score (nSPS) is 14.2. The summed E-state index contributed by atoms with van der Waals surface area (Å²) in [5.41, 5.74) is 8.61. The van der Waals surface area contributed by atoms with Gasteiger partial charge < -0.3 is 10.7 Å². The monoisotopic (exact) mass is 360 g/mol. The lowest BCUT2D eigenvalue weighted by atomic mass is 10.1. The first-order valence-electron chi connectivity index (χ1n) is 6.89. The number of benzene rings is 2. The molecule has 2 nitrogen and oxygen atoms in total. The number of rotatable bonds is 4. The highest BCUT2D eigenvalue weighted by Gasteiger charge is 2.19. The van der Waals surface area contributed by atoms with Crippen LogP contribution in [0.3, 0.4) is 0 Å². The van der Waals surface area contributed by atoms with E-state index in [-0.39, 0.29) is 11.3 Å². The second-order valence-electron chi connectivity index (χ2n) is 5.17. The molecule has 3 rings (SSSR count). The van der Waals surface area contributed by atoms with Gasteiger partial charge in [-0.3, -0.25) is 0 Å². The number of aromatic nitrogens is 1. The van der Waals surface area contributed by atoms with Gasteiger partial charge in [0.2, 0.25) is 0 Å². The fourth-order valence-corrected chi connectivity index (χ4v) is 3.96. The molecule has 0 bridgehead atoms. The number of nitrogens with one attached hydrogen (secondary N) is 1. The Balaban J connectivity index is 1.91. The minimum absolute atomic E-state index is 0.0655. The molecule has 2 aromatic carbocycles. The SMILES string of the molecule is CC(N)C(Sc1cc2ccccc2[nH]1)c1cccc(Br)c1. The molecule has 21 heavy (non-hydrogen) atoms. The van der Waals surface area contributed by atoms with Crippen molar-refractivity contribution in [1.29, 1.82) is 0 Å². The van der Waals surface area contributed by atoms with Gasteiger partial charge in [0.1, 0.15) is 0 Å².